The first-order chi connectivity index (χ1) is 11.3. The van der Waals surface area contributed by atoms with Crippen LogP contribution in [0.2, 0.25) is 0 Å². The van der Waals surface area contributed by atoms with Crippen molar-refractivity contribution in [3.8, 4) is 11.3 Å². The lowest BCUT2D eigenvalue weighted by Gasteiger charge is -2.20. The number of hydrogen-bond acceptors (Lipinski definition) is 3. The molecular weight excluding hydrogens is 324 g/mol. The summed E-state index contributed by atoms with van der Waals surface area (Å²) < 4.78 is 54.1. The molecule has 0 amide bonds. The minimum atomic E-state index is -1.30. The van der Waals surface area contributed by atoms with Crippen molar-refractivity contribution < 1.29 is 22.7 Å². The van der Waals surface area contributed by atoms with Crippen LogP contribution in [-0.2, 0) is 6.54 Å². The van der Waals surface area contributed by atoms with Crippen molar-refractivity contribution in [2.45, 2.75) is 26.4 Å². The second-order valence-corrected chi connectivity index (χ2v) is 5.79. The number of nitrogens with one attached hydrogen (secondary N) is 1. The highest BCUT2D eigenvalue weighted by Gasteiger charge is 2.16. The standard InChI is InChI=1S/C17H18F4N2O/c1-9(2)17(8-24)22-7-16-11(18)3-4-15(23-16)10-5-13(20)14(21)6-12(10)19/h3-6,9,17,22,24H,7-8H2,1-2H3/t17-/m0/s1. The van der Waals surface area contributed by atoms with Gasteiger partial charge in [0.05, 0.1) is 18.0 Å². The molecule has 0 aliphatic heterocycles. The Morgan fingerprint density at radius 3 is 2.29 bits per heavy atom. The molecule has 0 saturated heterocycles. The molecular formula is C17H18F4N2O. The van der Waals surface area contributed by atoms with Crippen molar-refractivity contribution in [1.29, 1.82) is 0 Å². The Kier molecular flexibility index (Phi) is 5.90. The van der Waals surface area contributed by atoms with Crippen LogP contribution >= 0.6 is 0 Å². The van der Waals surface area contributed by atoms with E-state index in [2.05, 4.69) is 10.3 Å². The fourth-order valence-corrected chi connectivity index (χ4v) is 2.22. The van der Waals surface area contributed by atoms with Crippen molar-refractivity contribution in [3.05, 3.63) is 53.2 Å². The molecule has 1 aromatic carbocycles. The van der Waals surface area contributed by atoms with Gasteiger partial charge in [-0.25, -0.2) is 22.5 Å². The van der Waals surface area contributed by atoms with Gasteiger partial charge >= 0.3 is 0 Å². The molecule has 1 aromatic heterocycles. The van der Waals surface area contributed by atoms with Gasteiger partial charge in [0.1, 0.15) is 11.6 Å². The zero-order valence-electron chi connectivity index (χ0n) is 13.3. The van der Waals surface area contributed by atoms with E-state index in [1.54, 1.807) is 0 Å². The third-order valence-electron chi connectivity index (χ3n) is 3.74. The van der Waals surface area contributed by atoms with E-state index in [1.807, 2.05) is 13.8 Å². The van der Waals surface area contributed by atoms with Gasteiger partial charge in [0.15, 0.2) is 11.6 Å². The maximum absolute atomic E-state index is 13.9. The summed E-state index contributed by atoms with van der Waals surface area (Å²) in [4.78, 5) is 3.99. The number of benzene rings is 1. The third kappa shape index (κ3) is 4.10. The first-order valence-corrected chi connectivity index (χ1v) is 7.48. The zero-order chi connectivity index (χ0) is 17.9. The molecule has 0 fully saturated rings. The number of hydrogen-bond donors (Lipinski definition) is 2. The smallest absolute Gasteiger partial charge is 0.161 e. The largest absolute Gasteiger partial charge is 0.395 e. The SMILES string of the molecule is CC(C)[C@H](CO)NCc1nc(-c2cc(F)c(F)cc2F)ccc1F. The number of rotatable bonds is 6. The summed E-state index contributed by atoms with van der Waals surface area (Å²) in [6.07, 6.45) is 0. The number of aliphatic hydroxyl groups excluding tert-OH is 1. The van der Waals surface area contributed by atoms with Crippen molar-refractivity contribution in [2.75, 3.05) is 6.61 Å². The van der Waals surface area contributed by atoms with Crippen LogP contribution in [0.1, 0.15) is 19.5 Å². The van der Waals surface area contributed by atoms with Crippen LogP contribution < -0.4 is 5.32 Å². The Labute approximate surface area is 137 Å². The van der Waals surface area contributed by atoms with Crippen molar-refractivity contribution >= 4 is 0 Å². The summed E-state index contributed by atoms with van der Waals surface area (Å²) in [5.41, 5.74) is -0.261. The van der Waals surface area contributed by atoms with Crippen LogP contribution in [0.25, 0.3) is 11.3 Å². The number of aliphatic hydroxyl groups is 1. The van der Waals surface area contributed by atoms with E-state index in [4.69, 9.17) is 0 Å². The molecule has 2 N–H and O–H groups in total. The molecule has 0 aliphatic rings. The molecule has 0 bridgehead atoms. The summed E-state index contributed by atoms with van der Waals surface area (Å²) in [5.74, 6) is -4.00. The van der Waals surface area contributed by atoms with Gasteiger partial charge < -0.3 is 10.4 Å². The Morgan fingerprint density at radius 1 is 1.00 bits per heavy atom. The predicted molar refractivity (Wildman–Crippen MR) is 82.1 cm³/mol. The predicted octanol–water partition coefficient (Wildman–Crippen LogP) is 3.41. The van der Waals surface area contributed by atoms with E-state index in [0.29, 0.717) is 12.1 Å². The van der Waals surface area contributed by atoms with E-state index in [1.165, 1.54) is 6.07 Å². The Hall–Kier alpha value is -1.99. The molecule has 130 valence electrons. The van der Waals surface area contributed by atoms with Gasteiger partial charge in [-0.3, -0.25) is 0 Å². The summed E-state index contributed by atoms with van der Waals surface area (Å²) in [5, 5.41) is 12.2. The molecule has 0 unspecified atom stereocenters. The number of halogens is 4. The summed E-state index contributed by atoms with van der Waals surface area (Å²) in [7, 11) is 0. The van der Waals surface area contributed by atoms with Crippen molar-refractivity contribution in [3.63, 3.8) is 0 Å². The summed E-state index contributed by atoms with van der Waals surface area (Å²) >= 11 is 0. The second kappa shape index (κ2) is 7.72. The van der Waals surface area contributed by atoms with E-state index in [9.17, 15) is 22.7 Å². The molecule has 7 heteroatoms. The highest BCUT2D eigenvalue weighted by molar-refractivity contribution is 5.60. The monoisotopic (exact) mass is 342 g/mol. The lowest BCUT2D eigenvalue weighted by molar-refractivity contribution is 0.209. The Balaban J connectivity index is 2.30. The van der Waals surface area contributed by atoms with Crippen LogP contribution in [0, 0.1) is 29.2 Å². The van der Waals surface area contributed by atoms with Crippen LogP contribution in [0.3, 0.4) is 0 Å². The van der Waals surface area contributed by atoms with E-state index in [0.717, 1.165) is 6.07 Å². The highest BCUT2D eigenvalue weighted by Crippen LogP contribution is 2.24. The van der Waals surface area contributed by atoms with E-state index in [-0.39, 0.29) is 42.1 Å². The van der Waals surface area contributed by atoms with Gasteiger partial charge in [-0.05, 0) is 24.1 Å². The maximum Gasteiger partial charge on any atom is 0.161 e. The summed E-state index contributed by atoms with van der Waals surface area (Å²) in [6, 6.07) is 3.14. The average molecular weight is 342 g/mol. The lowest BCUT2D eigenvalue weighted by atomic mass is 10.1. The summed E-state index contributed by atoms with van der Waals surface area (Å²) in [6.45, 7) is 3.67. The molecule has 2 aromatic rings. The van der Waals surface area contributed by atoms with Gasteiger partial charge in [0, 0.05) is 24.2 Å². The number of nitrogens with zero attached hydrogens (tertiary/aromatic N) is 1. The van der Waals surface area contributed by atoms with Gasteiger partial charge in [0.25, 0.3) is 0 Å². The van der Waals surface area contributed by atoms with Gasteiger partial charge in [-0.15, -0.1) is 0 Å². The first-order valence-electron chi connectivity index (χ1n) is 7.48. The Morgan fingerprint density at radius 2 is 1.67 bits per heavy atom. The minimum absolute atomic E-state index is 0.00395. The molecule has 0 radical (unpaired) electrons. The molecule has 0 aliphatic carbocycles. The molecule has 1 heterocycles. The first kappa shape index (κ1) is 18.4. The third-order valence-corrected chi connectivity index (χ3v) is 3.74. The van der Waals surface area contributed by atoms with E-state index >= 15 is 0 Å². The fourth-order valence-electron chi connectivity index (χ4n) is 2.22. The molecule has 2 rings (SSSR count). The van der Waals surface area contributed by atoms with E-state index < -0.39 is 23.3 Å². The van der Waals surface area contributed by atoms with Gasteiger partial charge in [-0.2, -0.15) is 0 Å². The molecule has 3 nitrogen and oxygen atoms in total. The minimum Gasteiger partial charge on any atom is -0.395 e. The zero-order valence-corrected chi connectivity index (χ0v) is 13.3. The maximum atomic E-state index is 13.9. The topological polar surface area (TPSA) is 45.1 Å². The molecule has 0 spiro atoms. The van der Waals surface area contributed by atoms with Crippen molar-refractivity contribution in [2.24, 2.45) is 5.92 Å². The lowest BCUT2D eigenvalue weighted by Crippen LogP contribution is -2.37. The van der Waals surface area contributed by atoms with Crippen LogP contribution in [-0.4, -0.2) is 22.7 Å². The average Bonchev–Trinajstić information content (AvgIpc) is 2.53. The van der Waals surface area contributed by atoms with Crippen LogP contribution in [0.4, 0.5) is 17.6 Å². The van der Waals surface area contributed by atoms with Crippen LogP contribution in [0.5, 0.6) is 0 Å². The van der Waals surface area contributed by atoms with Crippen molar-refractivity contribution in [1.82, 2.24) is 10.3 Å². The normalized spacial score (nSPS) is 12.7. The molecule has 0 saturated carbocycles. The molecule has 24 heavy (non-hydrogen) atoms. The van der Waals surface area contributed by atoms with Gasteiger partial charge in [0.2, 0.25) is 0 Å². The number of pyridine rings is 1. The van der Waals surface area contributed by atoms with Gasteiger partial charge in [-0.1, -0.05) is 13.8 Å². The quantitative estimate of drug-likeness (QED) is 0.625. The number of aromatic nitrogens is 1. The fraction of sp³-hybridized carbons (Fsp3) is 0.353. The second-order valence-electron chi connectivity index (χ2n) is 5.79. The van der Waals surface area contributed by atoms with Crippen LogP contribution in [0.15, 0.2) is 24.3 Å². The molecule has 1 atom stereocenters. The highest BCUT2D eigenvalue weighted by atomic mass is 19.2. The Bertz CT molecular complexity index is 722.